The Morgan fingerprint density at radius 1 is 1.18 bits per heavy atom. The van der Waals surface area contributed by atoms with Gasteiger partial charge in [-0.15, -0.1) is 0 Å². The molecule has 0 amide bonds. The van der Waals surface area contributed by atoms with Gasteiger partial charge in [0.2, 0.25) is 0 Å². The lowest BCUT2D eigenvalue weighted by Crippen LogP contribution is -2.57. The van der Waals surface area contributed by atoms with E-state index in [0.717, 1.165) is 0 Å². The third kappa shape index (κ3) is 1.91. The van der Waals surface area contributed by atoms with Crippen molar-refractivity contribution in [1.29, 1.82) is 0 Å². The molecule has 0 heterocycles. The van der Waals surface area contributed by atoms with Crippen LogP contribution in [0, 0.1) is 0 Å². The zero-order valence-corrected chi connectivity index (χ0v) is 8.40. The van der Waals surface area contributed by atoms with Gasteiger partial charge in [0, 0.05) is 13.8 Å². The Labute approximate surface area is 68.2 Å². The molecule has 0 aliphatic heterocycles. The van der Waals surface area contributed by atoms with Gasteiger partial charge in [0.1, 0.15) is 0 Å². The van der Waals surface area contributed by atoms with E-state index in [-0.39, 0.29) is 4.48 Å². The minimum absolute atomic E-state index is 0.110. The first-order valence-corrected chi connectivity index (χ1v) is 4.68. The summed E-state index contributed by atoms with van der Waals surface area (Å²) >= 11 is 0. The van der Waals surface area contributed by atoms with E-state index in [2.05, 4.69) is 0 Å². The lowest BCUT2D eigenvalue weighted by molar-refractivity contribution is -0.903. The molecule has 5 heteroatoms. The molecular formula is C6H15NO3S. The van der Waals surface area contributed by atoms with Crippen LogP contribution in [0.15, 0.2) is 0 Å². The Morgan fingerprint density at radius 3 is 1.45 bits per heavy atom. The van der Waals surface area contributed by atoms with Crippen molar-refractivity contribution >= 4 is 10.1 Å². The van der Waals surface area contributed by atoms with Crippen LogP contribution >= 0.6 is 0 Å². The number of quaternary nitrogens is 1. The van der Waals surface area contributed by atoms with Crippen LogP contribution in [0.1, 0.15) is 13.8 Å². The quantitative estimate of drug-likeness (QED) is 0.444. The summed E-state index contributed by atoms with van der Waals surface area (Å²) in [5.41, 5.74) is 0. The molecule has 0 atom stereocenters. The summed E-state index contributed by atoms with van der Waals surface area (Å²) in [5, 5.41) is 0. The van der Waals surface area contributed by atoms with Gasteiger partial charge in [0.25, 0.3) is 0 Å². The predicted molar refractivity (Wildman–Crippen MR) is 41.8 cm³/mol. The first-order valence-electron chi connectivity index (χ1n) is 3.27. The fraction of sp³-hybridized carbons (Fsp3) is 1.00. The third-order valence-electron chi connectivity index (χ3n) is 2.23. The normalized spacial score (nSPS) is 15.1. The summed E-state index contributed by atoms with van der Waals surface area (Å²) in [4.78, 5) is -1.27. The van der Waals surface area contributed by atoms with Gasteiger partial charge in [-0.05, 0) is 0 Å². The summed E-state index contributed by atoms with van der Waals surface area (Å²) < 4.78 is 32.3. The minimum Gasteiger partial charge on any atom is -0.743 e. The maximum absolute atomic E-state index is 10.7. The van der Waals surface area contributed by atoms with Gasteiger partial charge in [-0.2, -0.15) is 0 Å². The molecule has 0 radical (unpaired) electrons. The van der Waals surface area contributed by atoms with Crippen LogP contribution in [0.25, 0.3) is 0 Å². The monoisotopic (exact) mass is 181 g/mol. The van der Waals surface area contributed by atoms with Crippen molar-refractivity contribution in [2.75, 3.05) is 21.1 Å². The molecule has 68 valence electrons. The van der Waals surface area contributed by atoms with E-state index in [0.29, 0.717) is 0 Å². The van der Waals surface area contributed by atoms with E-state index in [1.54, 1.807) is 21.1 Å². The van der Waals surface area contributed by atoms with E-state index in [1.165, 1.54) is 13.8 Å². The highest BCUT2D eigenvalue weighted by atomic mass is 32.2. The predicted octanol–water partition coefficient (Wildman–Crippen LogP) is -0.0261. The Morgan fingerprint density at radius 2 is 1.45 bits per heavy atom. The van der Waals surface area contributed by atoms with Gasteiger partial charge in [-0.1, -0.05) is 0 Å². The van der Waals surface area contributed by atoms with Crippen molar-refractivity contribution in [2.24, 2.45) is 0 Å². The highest BCUT2D eigenvalue weighted by Gasteiger charge is 2.39. The standard InChI is InChI=1S/C6H15NO3S/c1-6(2,7(3,4)5)11(8,9)10/h1-5H3. The molecule has 0 saturated heterocycles. The largest absolute Gasteiger partial charge is 0.743 e. The van der Waals surface area contributed by atoms with Crippen molar-refractivity contribution in [3.05, 3.63) is 0 Å². The molecule has 0 spiro atoms. The molecule has 0 aromatic carbocycles. The molecule has 0 fully saturated rings. The highest BCUT2D eigenvalue weighted by molar-refractivity contribution is 7.86. The van der Waals surface area contributed by atoms with E-state index in [1.807, 2.05) is 0 Å². The van der Waals surface area contributed by atoms with Crippen LogP contribution in [0.2, 0.25) is 0 Å². The Kier molecular flexibility index (Phi) is 2.40. The Hall–Kier alpha value is -0.130. The molecule has 0 aliphatic rings. The van der Waals surface area contributed by atoms with Crippen molar-refractivity contribution in [3.8, 4) is 0 Å². The van der Waals surface area contributed by atoms with Gasteiger partial charge in [0.05, 0.1) is 21.1 Å². The highest BCUT2D eigenvalue weighted by Crippen LogP contribution is 2.22. The fourth-order valence-corrected chi connectivity index (χ4v) is 1.01. The van der Waals surface area contributed by atoms with E-state index < -0.39 is 15.0 Å². The zero-order chi connectivity index (χ0) is 9.50. The summed E-state index contributed by atoms with van der Waals surface area (Å²) in [6.45, 7) is 2.85. The van der Waals surface area contributed by atoms with E-state index in [9.17, 15) is 13.0 Å². The van der Waals surface area contributed by atoms with Crippen LogP contribution in [0.4, 0.5) is 0 Å². The average Bonchev–Trinajstić information content (AvgIpc) is 1.58. The molecule has 0 N–H and O–H groups in total. The lowest BCUT2D eigenvalue weighted by atomic mass is 10.3. The van der Waals surface area contributed by atoms with Gasteiger partial charge >= 0.3 is 0 Å². The summed E-state index contributed by atoms with van der Waals surface area (Å²) in [6, 6.07) is 0. The van der Waals surface area contributed by atoms with Crippen molar-refractivity contribution in [1.82, 2.24) is 0 Å². The maximum Gasteiger partial charge on any atom is 0.182 e. The molecule has 4 nitrogen and oxygen atoms in total. The van der Waals surface area contributed by atoms with Gasteiger partial charge in [-0.25, -0.2) is 8.42 Å². The summed E-state index contributed by atoms with van der Waals surface area (Å²) in [5.74, 6) is 0. The third-order valence-corrected chi connectivity index (χ3v) is 4.00. The van der Waals surface area contributed by atoms with Gasteiger partial charge < -0.3 is 9.04 Å². The molecular weight excluding hydrogens is 166 g/mol. The molecule has 0 bridgehead atoms. The molecule has 0 unspecified atom stereocenters. The van der Waals surface area contributed by atoms with Crippen LogP contribution in [-0.2, 0) is 10.1 Å². The molecule has 0 saturated carbocycles. The second-order valence-corrected chi connectivity index (χ2v) is 5.82. The Balaban J connectivity index is 5.08. The van der Waals surface area contributed by atoms with Gasteiger partial charge in [-0.3, -0.25) is 0 Å². The van der Waals surface area contributed by atoms with Crippen LogP contribution in [0.3, 0.4) is 0 Å². The molecule has 0 aromatic rings. The number of rotatable bonds is 2. The van der Waals surface area contributed by atoms with Crippen LogP contribution in [0.5, 0.6) is 0 Å². The number of hydrogen-bond donors (Lipinski definition) is 0. The second kappa shape index (κ2) is 2.43. The Bertz CT molecular complexity index is 235. The van der Waals surface area contributed by atoms with Crippen LogP contribution < -0.4 is 0 Å². The van der Waals surface area contributed by atoms with Crippen LogP contribution in [-0.4, -0.2) is 43.5 Å². The fourth-order valence-electron chi connectivity index (χ4n) is 0.335. The first-order chi connectivity index (χ1) is 4.50. The van der Waals surface area contributed by atoms with E-state index in [4.69, 9.17) is 0 Å². The first kappa shape index (κ1) is 10.9. The molecule has 0 rings (SSSR count). The summed E-state index contributed by atoms with van der Waals surface area (Å²) in [7, 11) is 0.790. The van der Waals surface area contributed by atoms with Crippen molar-refractivity contribution < 1.29 is 17.5 Å². The number of nitrogens with zero attached hydrogens (tertiary/aromatic N) is 1. The number of hydrogen-bond acceptors (Lipinski definition) is 3. The van der Waals surface area contributed by atoms with Crippen molar-refractivity contribution in [2.45, 2.75) is 18.7 Å². The van der Waals surface area contributed by atoms with E-state index >= 15 is 0 Å². The smallest absolute Gasteiger partial charge is 0.182 e. The zero-order valence-electron chi connectivity index (χ0n) is 7.58. The summed E-state index contributed by atoms with van der Waals surface area (Å²) in [6.07, 6.45) is 0. The lowest BCUT2D eigenvalue weighted by Gasteiger charge is -2.42. The minimum atomic E-state index is -4.24. The molecule has 0 aromatic heterocycles. The van der Waals surface area contributed by atoms with Gasteiger partial charge in [0.15, 0.2) is 15.0 Å². The molecule has 11 heavy (non-hydrogen) atoms. The maximum atomic E-state index is 10.7. The SMILES string of the molecule is CC(C)([N+](C)(C)C)S(=O)(=O)[O-]. The molecule has 0 aliphatic carbocycles. The van der Waals surface area contributed by atoms with Crippen molar-refractivity contribution in [3.63, 3.8) is 0 Å². The second-order valence-electron chi connectivity index (χ2n) is 3.91. The topological polar surface area (TPSA) is 57.2 Å². The average molecular weight is 181 g/mol.